The van der Waals surface area contributed by atoms with Gasteiger partial charge in [-0.3, -0.25) is 14.4 Å². The summed E-state index contributed by atoms with van der Waals surface area (Å²) in [5, 5.41) is 9.05. The third kappa shape index (κ3) is 7.49. The van der Waals surface area contributed by atoms with Gasteiger partial charge in [0.1, 0.15) is 11.5 Å². The highest BCUT2D eigenvalue weighted by Gasteiger charge is 2.12. The number of ether oxygens (including phenoxy) is 2. The molecule has 9 nitrogen and oxygen atoms in total. The standard InChI is InChI=1S/C25H24N4O5/c1-33-21-12-7-11-20(14-21)28-23(30)17-34-22-13-6-5-10-19(22)16-27-29-25(32)24(31)26-15-18-8-3-2-4-9-18/h2-14,16H,15,17H2,1H3,(H,26,31)(H,28,30)(H,29,32)/b27-16-. The molecule has 0 spiro atoms. The second-order valence-corrected chi connectivity index (χ2v) is 6.97. The van der Waals surface area contributed by atoms with Crippen LogP contribution >= 0.6 is 0 Å². The molecule has 0 aliphatic carbocycles. The Balaban J connectivity index is 1.49. The molecule has 9 heteroatoms. The summed E-state index contributed by atoms with van der Waals surface area (Å²) in [6.45, 7) is -0.0123. The SMILES string of the molecule is COc1cccc(NC(=O)COc2ccccc2/C=N\NC(=O)C(=O)NCc2ccccc2)c1. The van der Waals surface area contributed by atoms with Gasteiger partial charge in [-0.15, -0.1) is 0 Å². The minimum Gasteiger partial charge on any atom is -0.497 e. The van der Waals surface area contributed by atoms with Gasteiger partial charge in [0.25, 0.3) is 5.91 Å². The maximum Gasteiger partial charge on any atom is 0.329 e. The molecule has 3 N–H and O–H groups in total. The first-order valence-electron chi connectivity index (χ1n) is 10.4. The van der Waals surface area contributed by atoms with Crippen LogP contribution in [-0.2, 0) is 20.9 Å². The zero-order valence-electron chi connectivity index (χ0n) is 18.5. The van der Waals surface area contributed by atoms with E-state index in [1.165, 1.54) is 6.21 Å². The fourth-order valence-electron chi connectivity index (χ4n) is 2.83. The number of nitrogens with one attached hydrogen (secondary N) is 3. The predicted octanol–water partition coefficient (Wildman–Crippen LogP) is 2.48. The number of para-hydroxylation sites is 1. The van der Waals surface area contributed by atoms with Crippen molar-refractivity contribution >= 4 is 29.6 Å². The predicted molar refractivity (Wildman–Crippen MR) is 128 cm³/mol. The van der Waals surface area contributed by atoms with E-state index < -0.39 is 11.8 Å². The third-order valence-corrected chi connectivity index (χ3v) is 4.50. The first-order chi connectivity index (χ1) is 16.5. The van der Waals surface area contributed by atoms with Gasteiger partial charge in [0, 0.05) is 23.9 Å². The number of nitrogens with zero attached hydrogens (tertiary/aromatic N) is 1. The number of anilines is 1. The van der Waals surface area contributed by atoms with Gasteiger partial charge in [-0.25, -0.2) is 5.43 Å². The number of rotatable bonds is 9. The van der Waals surface area contributed by atoms with Crippen LogP contribution in [0.3, 0.4) is 0 Å². The van der Waals surface area contributed by atoms with Crippen LogP contribution in [0.5, 0.6) is 11.5 Å². The lowest BCUT2D eigenvalue weighted by Gasteiger charge is -2.10. The van der Waals surface area contributed by atoms with Crippen LogP contribution in [-0.4, -0.2) is 37.7 Å². The molecule has 3 rings (SSSR count). The van der Waals surface area contributed by atoms with Gasteiger partial charge in [-0.2, -0.15) is 5.10 Å². The largest absolute Gasteiger partial charge is 0.497 e. The molecule has 0 atom stereocenters. The molecular formula is C25H24N4O5. The van der Waals surface area contributed by atoms with Crippen LogP contribution in [0.4, 0.5) is 5.69 Å². The topological polar surface area (TPSA) is 118 Å². The minimum atomic E-state index is -0.900. The van der Waals surface area contributed by atoms with E-state index >= 15 is 0 Å². The van der Waals surface area contributed by atoms with Crippen molar-refractivity contribution in [2.24, 2.45) is 5.10 Å². The van der Waals surface area contributed by atoms with Crippen molar-refractivity contribution in [2.75, 3.05) is 19.0 Å². The van der Waals surface area contributed by atoms with Crippen molar-refractivity contribution in [2.45, 2.75) is 6.54 Å². The first kappa shape index (κ1) is 24.0. The lowest BCUT2D eigenvalue weighted by atomic mass is 10.2. The number of carbonyl (C=O) groups is 3. The molecule has 0 saturated carbocycles. The number of hydrogen-bond acceptors (Lipinski definition) is 6. The summed E-state index contributed by atoms with van der Waals surface area (Å²) in [6, 6.07) is 23.0. The molecule has 0 bridgehead atoms. The Morgan fingerprint density at radius 2 is 1.68 bits per heavy atom. The van der Waals surface area contributed by atoms with Crippen LogP contribution in [0.15, 0.2) is 84.0 Å². The maximum atomic E-state index is 12.2. The van der Waals surface area contributed by atoms with E-state index in [9.17, 15) is 14.4 Å². The Morgan fingerprint density at radius 1 is 0.912 bits per heavy atom. The molecule has 0 aliphatic rings. The highest BCUT2D eigenvalue weighted by Crippen LogP contribution is 2.18. The normalized spacial score (nSPS) is 10.4. The Bertz CT molecular complexity index is 1160. The zero-order chi connectivity index (χ0) is 24.2. The van der Waals surface area contributed by atoms with Gasteiger partial charge in [0.15, 0.2) is 6.61 Å². The Labute approximate surface area is 196 Å². The van der Waals surface area contributed by atoms with Crippen molar-refractivity contribution in [3.05, 3.63) is 90.0 Å². The summed E-state index contributed by atoms with van der Waals surface area (Å²) in [6.07, 6.45) is 1.33. The van der Waals surface area contributed by atoms with E-state index in [-0.39, 0.29) is 19.1 Å². The van der Waals surface area contributed by atoms with E-state index in [0.29, 0.717) is 22.7 Å². The van der Waals surface area contributed by atoms with Gasteiger partial charge >= 0.3 is 11.8 Å². The third-order valence-electron chi connectivity index (χ3n) is 4.50. The fraction of sp³-hybridized carbons (Fsp3) is 0.120. The van der Waals surface area contributed by atoms with Crippen LogP contribution in [0.1, 0.15) is 11.1 Å². The molecule has 34 heavy (non-hydrogen) atoms. The Hall–Kier alpha value is -4.66. The molecule has 0 radical (unpaired) electrons. The summed E-state index contributed by atoms with van der Waals surface area (Å²) < 4.78 is 10.7. The molecule has 3 aromatic rings. The molecule has 174 valence electrons. The maximum absolute atomic E-state index is 12.2. The van der Waals surface area contributed by atoms with Gasteiger partial charge in [0.2, 0.25) is 0 Å². The number of carbonyl (C=O) groups excluding carboxylic acids is 3. The van der Waals surface area contributed by atoms with Crippen molar-refractivity contribution in [1.29, 1.82) is 0 Å². The average molecular weight is 460 g/mol. The number of hydrazone groups is 1. The Morgan fingerprint density at radius 3 is 2.47 bits per heavy atom. The molecule has 0 fully saturated rings. The van der Waals surface area contributed by atoms with Crippen LogP contribution < -0.4 is 25.5 Å². The molecule has 0 heterocycles. The fourth-order valence-corrected chi connectivity index (χ4v) is 2.83. The number of benzene rings is 3. The second-order valence-electron chi connectivity index (χ2n) is 6.97. The molecule has 0 saturated heterocycles. The number of amides is 3. The molecule has 0 aliphatic heterocycles. The lowest BCUT2D eigenvalue weighted by molar-refractivity contribution is -0.139. The molecule has 3 aromatic carbocycles. The molecular weight excluding hydrogens is 436 g/mol. The number of methoxy groups -OCH3 is 1. The minimum absolute atomic E-state index is 0.227. The van der Waals surface area contributed by atoms with Crippen molar-refractivity contribution in [3.63, 3.8) is 0 Å². The zero-order valence-corrected chi connectivity index (χ0v) is 18.5. The van der Waals surface area contributed by atoms with Crippen molar-refractivity contribution < 1.29 is 23.9 Å². The monoisotopic (exact) mass is 460 g/mol. The first-order valence-corrected chi connectivity index (χ1v) is 10.4. The lowest BCUT2D eigenvalue weighted by Crippen LogP contribution is -2.37. The summed E-state index contributed by atoms with van der Waals surface area (Å²) in [5.41, 5.74) is 4.14. The average Bonchev–Trinajstić information content (AvgIpc) is 2.87. The molecule has 3 amide bonds. The summed E-state index contributed by atoms with van der Waals surface area (Å²) >= 11 is 0. The van der Waals surface area contributed by atoms with Gasteiger partial charge in [-0.05, 0) is 29.8 Å². The second kappa shape index (κ2) is 12.4. The number of hydrogen-bond donors (Lipinski definition) is 3. The summed E-state index contributed by atoms with van der Waals surface area (Å²) in [7, 11) is 1.54. The summed E-state index contributed by atoms with van der Waals surface area (Å²) in [4.78, 5) is 36.1. The van der Waals surface area contributed by atoms with Gasteiger partial charge < -0.3 is 20.1 Å². The van der Waals surface area contributed by atoms with Crippen LogP contribution in [0, 0.1) is 0 Å². The molecule has 0 unspecified atom stereocenters. The highest BCUT2D eigenvalue weighted by molar-refractivity contribution is 6.35. The summed E-state index contributed by atoms with van der Waals surface area (Å²) in [5.74, 6) is -1.06. The Kier molecular flexibility index (Phi) is 8.75. The smallest absolute Gasteiger partial charge is 0.329 e. The van der Waals surface area contributed by atoms with Crippen molar-refractivity contribution in [3.8, 4) is 11.5 Å². The quantitative estimate of drug-likeness (QED) is 0.258. The highest BCUT2D eigenvalue weighted by atomic mass is 16.5. The van der Waals surface area contributed by atoms with E-state index in [1.807, 2.05) is 30.3 Å². The van der Waals surface area contributed by atoms with Gasteiger partial charge in [0.05, 0.1) is 13.3 Å². The van der Waals surface area contributed by atoms with E-state index in [4.69, 9.17) is 9.47 Å². The van der Waals surface area contributed by atoms with Crippen LogP contribution in [0.25, 0.3) is 0 Å². The van der Waals surface area contributed by atoms with E-state index in [0.717, 1.165) is 5.56 Å². The van der Waals surface area contributed by atoms with E-state index in [1.54, 1.807) is 55.6 Å². The van der Waals surface area contributed by atoms with Crippen molar-refractivity contribution in [1.82, 2.24) is 10.7 Å². The van der Waals surface area contributed by atoms with E-state index in [2.05, 4.69) is 21.2 Å². The van der Waals surface area contributed by atoms with Crippen LogP contribution in [0.2, 0.25) is 0 Å². The molecule has 0 aromatic heterocycles. The van der Waals surface area contributed by atoms with Gasteiger partial charge in [-0.1, -0.05) is 48.5 Å².